The molecule has 0 bridgehead atoms. The number of para-hydroxylation sites is 1. The lowest BCUT2D eigenvalue weighted by atomic mass is 10.2. The molecule has 1 aromatic carbocycles. The SMILES string of the molecule is CC(NCCc1ccccn1)c1nc2ccccc2s1. The summed E-state index contributed by atoms with van der Waals surface area (Å²) in [6.45, 7) is 3.07. The quantitative estimate of drug-likeness (QED) is 0.777. The molecule has 0 aliphatic rings. The summed E-state index contributed by atoms with van der Waals surface area (Å²) in [5.41, 5.74) is 2.21. The predicted molar refractivity (Wildman–Crippen MR) is 84.0 cm³/mol. The molecular formula is C16H17N3S. The zero-order chi connectivity index (χ0) is 13.8. The van der Waals surface area contributed by atoms with Crippen LogP contribution in [0.4, 0.5) is 0 Å². The maximum absolute atomic E-state index is 4.68. The van der Waals surface area contributed by atoms with E-state index in [4.69, 9.17) is 0 Å². The molecule has 0 spiro atoms. The first-order valence-corrected chi connectivity index (χ1v) is 7.63. The number of hydrogen-bond acceptors (Lipinski definition) is 4. The summed E-state index contributed by atoms with van der Waals surface area (Å²) >= 11 is 1.76. The summed E-state index contributed by atoms with van der Waals surface area (Å²) in [7, 11) is 0. The molecule has 0 fully saturated rings. The lowest BCUT2D eigenvalue weighted by Crippen LogP contribution is -2.21. The summed E-state index contributed by atoms with van der Waals surface area (Å²) in [6.07, 6.45) is 2.78. The Hall–Kier alpha value is -1.78. The molecule has 0 radical (unpaired) electrons. The number of aromatic nitrogens is 2. The van der Waals surface area contributed by atoms with Gasteiger partial charge in [0.2, 0.25) is 0 Å². The number of benzene rings is 1. The first-order valence-electron chi connectivity index (χ1n) is 6.82. The molecule has 3 rings (SSSR count). The number of thiazole rings is 1. The first kappa shape index (κ1) is 13.2. The van der Waals surface area contributed by atoms with Gasteiger partial charge in [0, 0.05) is 24.9 Å². The third-order valence-electron chi connectivity index (χ3n) is 3.24. The van der Waals surface area contributed by atoms with Crippen molar-refractivity contribution in [3.63, 3.8) is 0 Å². The average Bonchev–Trinajstić information content (AvgIpc) is 2.92. The minimum absolute atomic E-state index is 0.274. The third-order valence-corrected chi connectivity index (χ3v) is 4.46. The van der Waals surface area contributed by atoms with Gasteiger partial charge in [-0.1, -0.05) is 18.2 Å². The predicted octanol–water partition coefficient (Wildman–Crippen LogP) is 3.58. The molecule has 1 unspecified atom stereocenters. The van der Waals surface area contributed by atoms with E-state index in [1.165, 1.54) is 4.70 Å². The Labute approximate surface area is 122 Å². The van der Waals surface area contributed by atoms with Crippen LogP contribution in [0.15, 0.2) is 48.7 Å². The minimum Gasteiger partial charge on any atom is -0.308 e. The third kappa shape index (κ3) is 3.03. The van der Waals surface area contributed by atoms with Crippen LogP contribution in [0.2, 0.25) is 0 Å². The lowest BCUT2D eigenvalue weighted by molar-refractivity contribution is 0.572. The van der Waals surface area contributed by atoms with Crippen LogP contribution in [0.3, 0.4) is 0 Å². The number of pyridine rings is 1. The number of hydrogen-bond donors (Lipinski definition) is 1. The second-order valence-electron chi connectivity index (χ2n) is 4.77. The largest absolute Gasteiger partial charge is 0.308 e. The molecule has 1 atom stereocenters. The van der Waals surface area contributed by atoms with Gasteiger partial charge >= 0.3 is 0 Å². The molecule has 2 heterocycles. The molecule has 3 aromatic rings. The molecule has 0 amide bonds. The maximum Gasteiger partial charge on any atom is 0.111 e. The van der Waals surface area contributed by atoms with Crippen molar-refractivity contribution in [2.75, 3.05) is 6.54 Å². The molecule has 1 N–H and O–H groups in total. The number of fused-ring (bicyclic) bond motifs is 1. The van der Waals surface area contributed by atoms with E-state index in [1.54, 1.807) is 11.3 Å². The summed E-state index contributed by atoms with van der Waals surface area (Å²) < 4.78 is 1.25. The summed E-state index contributed by atoms with van der Waals surface area (Å²) in [5, 5.41) is 4.66. The van der Waals surface area contributed by atoms with Gasteiger partial charge in [-0.3, -0.25) is 4.98 Å². The molecule has 0 aliphatic carbocycles. The Morgan fingerprint density at radius 2 is 2.00 bits per heavy atom. The van der Waals surface area contributed by atoms with E-state index in [1.807, 2.05) is 24.4 Å². The van der Waals surface area contributed by atoms with Crippen LogP contribution in [-0.2, 0) is 6.42 Å². The van der Waals surface area contributed by atoms with Crippen LogP contribution >= 0.6 is 11.3 Å². The number of nitrogens with zero attached hydrogens (tertiary/aromatic N) is 2. The highest BCUT2D eigenvalue weighted by atomic mass is 32.1. The van der Waals surface area contributed by atoms with Crippen LogP contribution in [0.25, 0.3) is 10.2 Å². The Bertz CT molecular complexity index is 645. The van der Waals surface area contributed by atoms with Crippen LogP contribution in [-0.4, -0.2) is 16.5 Å². The molecule has 3 nitrogen and oxygen atoms in total. The Kier molecular flexibility index (Phi) is 4.04. The van der Waals surface area contributed by atoms with Crippen LogP contribution in [0.1, 0.15) is 23.7 Å². The number of nitrogens with one attached hydrogen (secondary N) is 1. The maximum atomic E-state index is 4.68. The van der Waals surface area contributed by atoms with E-state index in [-0.39, 0.29) is 6.04 Å². The molecule has 2 aromatic heterocycles. The van der Waals surface area contributed by atoms with Crippen molar-refractivity contribution in [3.8, 4) is 0 Å². The van der Waals surface area contributed by atoms with Crippen molar-refractivity contribution >= 4 is 21.6 Å². The fourth-order valence-electron chi connectivity index (χ4n) is 2.13. The second kappa shape index (κ2) is 6.11. The van der Waals surface area contributed by atoms with E-state index in [0.29, 0.717) is 0 Å². The normalized spacial score (nSPS) is 12.7. The lowest BCUT2D eigenvalue weighted by Gasteiger charge is -2.10. The monoisotopic (exact) mass is 283 g/mol. The smallest absolute Gasteiger partial charge is 0.111 e. The Morgan fingerprint density at radius 1 is 1.15 bits per heavy atom. The van der Waals surface area contributed by atoms with Crippen molar-refractivity contribution in [1.82, 2.24) is 15.3 Å². The molecular weight excluding hydrogens is 266 g/mol. The van der Waals surface area contributed by atoms with Gasteiger partial charge in [0.15, 0.2) is 0 Å². The van der Waals surface area contributed by atoms with Gasteiger partial charge in [0.05, 0.1) is 16.3 Å². The van der Waals surface area contributed by atoms with E-state index >= 15 is 0 Å². The highest BCUT2D eigenvalue weighted by molar-refractivity contribution is 7.18. The highest BCUT2D eigenvalue weighted by Gasteiger charge is 2.10. The zero-order valence-electron chi connectivity index (χ0n) is 11.4. The minimum atomic E-state index is 0.274. The molecule has 0 saturated carbocycles. The van der Waals surface area contributed by atoms with Gasteiger partial charge < -0.3 is 5.32 Å². The molecule has 4 heteroatoms. The van der Waals surface area contributed by atoms with Crippen molar-refractivity contribution in [2.45, 2.75) is 19.4 Å². The van der Waals surface area contributed by atoms with Crippen molar-refractivity contribution < 1.29 is 0 Å². The fourth-order valence-corrected chi connectivity index (χ4v) is 3.12. The van der Waals surface area contributed by atoms with Gasteiger partial charge in [0.1, 0.15) is 5.01 Å². The van der Waals surface area contributed by atoms with E-state index in [9.17, 15) is 0 Å². The Morgan fingerprint density at radius 3 is 2.80 bits per heavy atom. The highest BCUT2D eigenvalue weighted by Crippen LogP contribution is 2.25. The van der Waals surface area contributed by atoms with Gasteiger partial charge in [-0.2, -0.15) is 0 Å². The van der Waals surface area contributed by atoms with Gasteiger partial charge in [-0.15, -0.1) is 11.3 Å². The average molecular weight is 283 g/mol. The second-order valence-corrected chi connectivity index (χ2v) is 5.83. The summed E-state index contributed by atoms with van der Waals surface area (Å²) in [4.78, 5) is 9.01. The van der Waals surface area contributed by atoms with Crippen molar-refractivity contribution in [1.29, 1.82) is 0 Å². The molecule has 0 aliphatic heterocycles. The molecule has 20 heavy (non-hydrogen) atoms. The topological polar surface area (TPSA) is 37.8 Å². The van der Waals surface area contributed by atoms with Gasteiger partial charge in [0.25, 0.3) is 0 Å². The fraction of sp³-hybridized carbons (Fsp3) is 0.250. The Balaban J connectivity index is 1.60. The first-order chi connectivity index (χ1) is 9.83. The molecule has 0 saturated heterocycles. The van der Waals surface area contributed by atoms with Gasteiger partial charge in [-0.25, -0.2) is 4.98 Å². The van der Waals surface area contributed by atoms with E-state index in [2.05, 4.69) is 46.5 Å². The zero-order valence-corrected chi connectivity index (χ0v) is 12.2. The van der Waals surface area contributed by atoms with Crippen LogP contribution in [0, 0.1) is 0 Å². The van der Waals surface area contributed by atoms with Crippen molar-refractivity contribution in [3.05, 3.63) is 59.4 Å². The van der Waals surface area contributed by atoms with Gasteiger partial charge in [-0.05, 0) is 31.2 Å². The van der Waals surface area contributed by atoms with Crippen molar-refractivity contribution in [2.24, 2.45) is 0 Å². The molecule has 102 valence electrons. The summed E-state index contributed by atoms with van der Waals surface area (Å²) in [6, 6.07) is 14.6. The number of rotatable bonds is 5. The van der Waals surface area contributed by atoms with Crippen LogP contribution in [0.5, 0.6) is 0 Å². The summed E-state index contributed by atoms with van der Waals surface area (Å²) in [5.74, 6) is 0. The standard InChI is InChI=1S/C16H17N3S/c1-12(17-11-9-13-6-4-5-10-18-13)16-19-14-7-2-3-8-15(14)20-16/h2-8,10,12,17H,9,11H2,1H3. The van der Waals surface area contributed by atoms with Crippen LogP contribution < -0.4 is 5.32 Å². The van der Waals surface area contributed by atoms with E-state index < -0.39 is 0 Å². The van der Waals surface area contributed by atoms with E-state index in [0.717, 1.165) is 29.2 Å².